The number of amides is 2. The average Bonchev–Trinajstić information content (AvgIpc) is 2.96. The van der Waals surface area contributed by atoms with Gasteiger partial charge in [-0.3, -0.25) is 14.5 Å². The predicted octanol–water partition coefficient (Wildman–Crippen LogP) is 4.33. The van der Waals surface area contributed by atoms with Gasteiger partial charge in [0.1, 0.15) is 6.54 Å². The Morgan fingerprint density at radius 1 is 1.00 bits per heavy atom. The van der Waals surface area contributed by atoms with E-state index in [9.17, 15) is 9.59 Å². The molecular weight excluding hydrogens is 368 g/mol. The molecule has 2 amide bonds. The lowest BCUT2D eigenvalue weighted by molar-refractivity contribution is -0.116. The molecule has 2 aromatic carbocycles. The number of carbonyl (C=O) groups is 2. The van der Waals surface area contributed by atoms with E-state index in [1.165, 1.54) is 4.90 Å². The summed E-state index contributed by atoms with van der Waals surface area (Å²) in [5, 5.41) is 2.83. The predicted molar refractivity (Wildman–Crippen MR) is 113 cm³/mol. The van der Waals surface area contributed by atoms with E-state index in [0.717, 1.165) is 18.4 Å². The summed E-state index contributed by atoms with van der Waals surface area (Å²) in [6.45, 7) is 9.06. The molecule has 1 aliphatic rings. The Hall–Kier alpha value is -3.28. The van der Waals surface area contributed by atoms with Gasteiger partial charge in [0.25, 0.3) is 5.91 Å². The van der Waals surface area contributed by atoms with Gasteiger partial charge in [0.15, 0.2) is 11.5 Å². The Bertz CT molecular complexity index is 888. The number of rotatable bonds is 9. The number of hydrogen-bond acceptors (Lipinski definition) is 4. The Morgan fingerprint density at radius 3 is 2.31 bits per heavy atom. The number of nitrogens with one attached hydrogen (secondary N) is 1. The lowest BCUT2D eigenvalue weighted by Crippen LogP contribution is -2.32. The molecule has 29 heavy (non-hydrogen) atoms. The van der Waals surface area contributed by atoms with Crippen molar-refractivity contribution in [2.24, 2.45) is 0 Å². The first kappa shape index (κ1) is 20.5. The summed E-state index contributed by atoms with van der Waals surface area (Å²) in [7, 11) is 0. The zero-order chi connectivity index (χ0) is 20.8. The van der Waals surface area contributed by atoms with E-state index in [0.29, 0.717) is 41.7 Å². The largest absolute Gasteiger partial charge is 0.490 e. The molecule has 3 rings (SSSR count). The van der Waals surface area contributed by atoms with Crippen LogP contribution in [0.4, 0.5) is 5.69 Å². The zero-order valence-electron chi connectivity index (χ0n) is 16.9. The molecule has 0 spiro atoms. The van der Waals surface area contributed by atoms with Gasteiger partial charge in [0.05, 0.1) is 13.2 Å². The average molecular weight is 394 g/mol. The van der Waals surface area contributed by atoms with Gasteiger partial charge in [-0.25, -0.2) is 0 Å². The van der Waals surface area contributed by atoms with Crippen LogP contribution in [0, 0.1) is 0 Å². The van der Waals surface area contributed by atoms with Crippen molar-refractivity contribution in [3.63, 3.8) is 0 Å². The van der Waals surface area contributed by atoms with E-state index in [1.54, 1.807) is 30.3 Å². The second-order valence-electron chi connectivity index (χ2n) is 6.79. The second kappa shape index (κ2) is 9.28. The quantitative estimate of drug-likeness (QED) is 0.687. The molecule has 0 aliphatic carbocycles. The number of ether oxygens (including phenoxy) is 2. The second-order valence-corrected chi connectivity index (χ2v) is 6.79. The van der Waals surface area contributed by atoms with Crippen molar-refractivity contribution in [3.8, 4) is 11.5 Å². The monoisotopic (exact) mass is 394 g/mol. The number of fused-ring (bicyclic) bond motifs is 1. The SMILES string of the molecule is C=C1c2ccccc2C(=O)N1CC(=O)Nc1ccc(OCCC)c(OCCC)c1. The van der Waals surface area contributed by atoms with Crippen LogP contribution in [0.5, 0.6) is 11.5 Å². The molecule has 0 saturated carbocycles. The minimum atomic E-state index is -0.309. The van der Waals surface area contributed by atoms with Crippen LogP contribution < -0.4 is 14.8 Å². The van der Waals surface area contributed by atoms with Gasteiger partial charge in [0, 0.05) is 28.6 Å². The molecule has 1 N–H and O–H groups in total. The summed E-state index contributed by atoms with van der Waals surface area (Å²) in [5.41, 5.74) is 2.45. The van der Waals surface area contributed by atoms with E-state index in [-0.39, 0.29) is 18.4 Å². The molecule has 0 saturated heterocycles. The fourth-order valence-electron chi connectivity index (χ4n) is 3.09. The third kappa shape index (κ3) is 4.59. The van der Waals surface area contributed by atoms with Crippen LogP contribution in [0.1, 0.15) is 42.6 Å². The fourth-order valence-corrected chi connectivity index (χ4v) is 3.09. The number of nitrogens with zero attached hydrogens (tertiary/aromatic N) is 1. The van der Waals surface area contributed by atoms with E-state index >= 15 is 0 Å². The van der Waals surface area contributed by atoms with Crippen LogP contribution in [-0.2, 0) is 4.79 Å². The molecule has 0 radical (unpaired) electrons. The molecule has 6 nitrogen and oxygen atoms in total. The standard InChI is InChI=1S/C23H26N2O4/c1-4-12-28-20-11-10-17(14-21(20)29-13-5-2)24-22(26)15-25-16(3)18-8-6-7-9-19(18)23(25)27/h6-11,14H,3-5,12-13,15H2,1-2H3,(H,24,26). The summed E-state index contributed by atoms with van der Waals surface area (Å²) in [6, 6.07) is 12.5. The van der Waals surface area contributed by atoms with Crippen LogP contribution in [-0.4, -0.2) is 36.5 Å². The van der Waals surface area contributed by atoms with Gasteiger partial charge >= 0.3 is 0 Å². The van der Waals surface area contributed by atoms with Crippen molar-refractivity contribution in [2.75, 3.05) is 25.1 Å². The van der Waals surface area contributed by atoms with Crippen molar-refractivity contribution in [1.29, 1.82) is 0 Å². The normalized spacial score (nSPS) is 12.7. The highest BCUT2D eigenvalue weighted by Gasteiger charge is 2.31. The molecule has 0 atom stereocenters. The minimum absolute atomic E-state index is 0.106. The highest BCUT2D eigenvalue weighted by atomic mass is 16.5. The van der Waals surface area contributed by atoms with Crippen molar-refractivity contribution in [1.82, 2.24) is 4.90 Å². The summed E-state index contributed by atoms with van der Waals surface area (Å²) >= 11 is 0. The topological polar surface area (TPSA) is 67.9 Å². The van der Waals surface area contributed by atoms with Crippen LogP contribution >= 0.6 is 0 Å². The van der Waals surface area contributed by atoms with Gasteiger partial charge in [-0.05, 0) is 31.0 Å². The molecule has 2 aromatic rings. The highest BCUT2D eigenvalue weighted by Crippen LogP contribution is 2.32. The van der Waals surface area contributed by atoms with Crippen molar-refractivity contribution >= 4 is 23.2 Å². The molecule has 152 valence electrons. The van der Waals surface area contributed by atoms with Crippen LogP contribution in [0.3, 0.4) is 0 Å². The molecule has 0 unspecified atom stereocenters. The van der Waals surface area contributed by atoms with Gasteiger partial charge in [-0.1, -0.05) is 38.6 Å². The molecule has 1 aliphatic heterocycles. The molecular formula is C23H26N2O4. The molecule has 0 fully saturated rings. The number of benzene rings is 2. The third-order valence-corrected chi connectivity index (χ3v) is 4.49. The maximum absolute atomic E-state index is 12.6. The molecule has 0 bridgehead atoms. The maximum atomic E-state index is 12.6. The van der Waals surface area contributed by atoms with Crippen LogP contribution in [0.25, 0.3) is 5.70 Å². The van der Waals surface area contributed by atoms with Gasteiger partial charge in [0.2, 0.25) is 5.91 Å². The van der Waals surface area contributed by atoms with E-state index in [1.807, 2.05) is 26.0 Å². The lowest BCUT2D eigenvalue weighted by Gasteiger charge is -2.18. The van der Waals surface area contributed by atoms with Gasteiger partial charge in [-0.15, -0.1) is 0 Å². The first-order valence-corrected chi connectivity index (χ1v) is 9.84. The van der Waals surface area contributed by atoms with Gasteiger partial charge < -0.3 is 14.8 Å². The Labute approximate surface area is 171 Å². The number of anilines is 1. The van der Waals surface area contributed by atoms with Crippen molar-refractivity contribution in [3.05, 3.63) is 60.2 Å². The fraction of sp³-hybridized carbons (Fsp3) is 0.304. The Morgan fingerprint density at radius 2 is 1.66 bits per heavy atom. The number of carbonyl (C=O) groups excluding carboxylic acids is 2. The van der Waals surface area contributed by atoms with Crippen LogP contribution in [0.15, 0.2) is 49.0 Å². The maximum Gasteiger partial charge on any atom is 0.259 e. The summed E-state index contributed by atoms with van der Waals surface area (Å²) in [4.78, 5) is 26.5. The smallest absolute Gasteiger partial charge is 0.259 e. The number of hydrogen-bond donors (Lipinski definition) is 1. The van der Waals surface area contributed by atoms with Crippen molar-refractivity contribution < 1.29 is 19.1 Å². The molecule has 1 heterocycles. The third-order valence-electron chi connectivity index (χ3n) is 4.49. The van der Waals surface area contributed by atoms with Crippen molar-refractivity contribution in [2.45, 2.75) is 26.7 Å². The Kier molecular flexibility index (Phi) is 6.54. The first-order valence-electron chi connectivity index (χ1n) is 9.84. The van der Waals surface area contributed by atoms with E-state index in [2.05, 4.69) is 11.9 Å². The molecule has 0 aromatic heterocycles. The summed E-state index contributed by atoms with van der Waals surface area (Å²) < 4.78 is 11.5. The van der Waals surface area contributed by atoms with E-state index in [4.69, 9.17) is 9.47 Å². The highest BCUT2D eigenvalue weighted by molar-refractivity contribution is 6.11. The first-order chi connectivity index (χ1) is 14.0. The lowest BCUT2D eigenvalue weighted by atomic mass is 10.1. The Balaban J connectivity index is 1.69. The van der Waals surface area contributed by atoms with Crippen LogP contribution in [0.2, 0.25) is 0 Å². The zero-order valence-corrected chi connectivity index (χ0v) is 16.9. The van der Waals surface area contributed by atoms with E-state index < -0.39 is 0 Å². The minimum Gasteiger partial charge on any atom is -0.490 e. The van der Waals surface area contributed by atoms with Gasteiger partial charge in [-0.2, -0.15) is 0 Å². The summed E-state index contributed by atoms with van der Waals surface area (Å²) in [6.07, 6.45) is 1.76. The molecule has 6 heteroatoms. The summed E-state index contributed by atoms with van der Waals surface area (Å²) in [5.74, 6) is 0.719.